The minimum atomic E-state index is -3.75. The number of sulfonamides is 1. The SMILES string of the molecule is CCNC(=O)[C@H](CC)N(Cc1ccc(OC)cc1)C(=O)CN(c1ccc(C)c(C)c1)S(C)(=O)=O. The number of nitrogens with zero attached hydrogens (tertiary/aromatic N) is 2. The van der Waals surface area contributed by atoms with Gasteiger partial charge < -0.3 is 15.0 Å². The van der Waals surface area contributed by atoms with Crippen molar-refractivity contribution in [3.63, 3.8) is 0 Å². The van der Waals surface area contributed by atoms with Crippen molar-refractivity contribution in [2.24, 2.45) is 0 Å². The molecule has 0 spiro atoms. The zero-order chi connectivity index (χ0) is 25.5. The lowest BCUT2D eigenvalue weighted by atomic mass is 10.1. The summed E-state index contributed by atoms with van der Waals surface area (Å²) in [4.78, 5) is 27.8. The topological polar surface area (TPSA) is 96.0 Å². The van der Waals surface area contributed by atoms with Crippen molar-refractivity contribution in [3.05, 3.63) is 59.2 Å². The highest BCUT2D eigenvalue weighted by molar-refractivity contribution is 7.92. The molecule has 2 amide bonds. The van der Waals surface area contributed by atoms with Crippen LogP contribution in [0.25, 0.3) is 0 Å². The number of methoxy groups -OCH3 is 1. The van der Waals surface area contributed by atoms with E-state index in [0.717, 1.165) is 27.3 Å². The molecule has 0 aliphatic heterocycles. The van der Waals surface area contributed by atoms with Gasteiger partial charge in [0.25, 0.3) is 0 Å². The lowest BCUT2D eigenvalue weighted by Crippen LogP contribution is -2.52. The van der Waals surface area contributed by atoms with E-state index in [1.54, 1.807) is 31.4 Å². The van der Waals surface area contributed by atoms with Gasteiger partial charge in [0.1, 0.15) is 18.3 Å². The van der Waals surface area contributed by atoms with Crippen LogP contribution in [0.1, 0.15) is 37.0 Å². The van der Waals surface area contributed by atoms with Gasteiger partial charge in [-0.05, 0) is 68.1 Å². The summed E-state index contributed by atoms with van der Waals surface area (Å²) >= 11 is 0. The van der Waals surface area contributed by atoms with Crippen LogP contribution < -0.4 is 14.4 Å². The smallest absolute Gasteiger partial charge is 0.244 e. The molecule has 0 bridgehead atoms. The van der Waals surface area contributed by atoms with Gasteiger partial charge in [-0.2, -0.15) is 0 Å². The summed E-state index contributed by atoms with van der Waals surface area (Å²) in [5.41, 5.74) is 3.15. The molecule has 9 heteroatoms. The number of benzene rings is 2. The maximum Gasteiger partial charge on any atom is 0.244 e. The first-order valence-electron chi connectivity index (χ1n) is 11.3. The van der Waals surface area contributed by atoms with Gasteiger partial charge in [0.05, 0.1) is 19.1 Å². The van der Waals surface area contributed by atoms with Crippen molar-refractivity contribution < 1.29 is 22.7 Å². The second-order valence-corrected chi connectivity index (χ2v) is 10.1. The number of hydrogen-bond donors (Lipinski definition) is 1. The molecule has 1 atom stereocenters. The Kier molecular flexibility index (Phi) is 9.49. The fourth-order valence-electron chi connectivity index (χ4n) is 3.63. The summed E-state index contributed by atoms with van der Waals surface area (Å²) in [5.74, 6) is -0.0584. The third-order valence-electron chi connectivity index (χ3n) is 5.71. The Labute approximate surface area is 202 Å². The summed E-state index contributed by atoms with van der Waals surface area (Å²) in [6.45, 7) is 7.63. The number of carbonyl (C=O) groups is 2. The first kappa shape index (κ1) is 27.2. The number of likely N-dealkylation sites (N-methyl/N-ethyl adjacent to an activating group) is 1. The van der Waals surface area contributed by atoms with E-state index < -0.39 is 28.5 Å². The van der Waals surface area contributed by atoms with Gasteiger partial charge in [-0.15, -0.1) is 0 Å². The predicted octanol–water partition coefficient (Wildman–Crippen LogP) is 3.02. The minimum absolute atomic E-state index is 0.156. The number of aryl methyl sites for hydroxylation is 2. The molecule has 186 valence electrons. The molecule has 34 heavy (non-hydrogen) atoms. The largest absolute Gasteiger partial charge is 0.497 e. The molecule has 0 aromatic heterocycles. The van der Waals surface area contributed by atoms with Gasteiger partial charge in [0, 0.05) is 13.1 Å². The van der Waals surface area contributed by atoms with Gasteiger partial charge in [0.15, 0.2) is 0 Å². The van der Waals surface area contributed by atoms with E-state index in [0.29, 0.717) is 24.4 Å². The van der Waals surface area contributed by atoms with E-state index in [4.69, 9.17) is 4.74 Å². The monoisotopic (exact) mass is 489 g/mol. The molecular formula is C25H35N3O5S. The molecule has 2 aromatic rings. The quantitative estimate of drug-likeness (QED) is 0.523. The van der Waals surface area contributed by atoms with E-state index in [2.05, 4.69) is 5.32 Å². The van der Waals surface area contributed by atoms with Crippen LogP contribution in [0.3, 0.4) is 0 Å². The Balaban J connectivity index is 2.44. The van der Waals surface area contributed by atoms with Crippen molar-refractivity contribution in [1.29, 1.82) is 0 Å². The van der Waals surface area contributed by atoms with Crippen LogP contribution >= 0.6 is 0 Å². The number of amides is 2. The van der Waals surface area contributed by atoms with Crippen molar-refractivity contribution in [2.45, 2.75) is 46.7 Å². The Morgan fingerprint density at radius 3 is 2.18 bits per heavy atom. The van der Waals surface area contributed by atoms with Gasteiger partial charge in [0.2, 0.25) is 21.8 Å². The number of rotatable bonds is 11. The lowest BCUT2D eigenvalue weighted by molar-refractivity contribution is -0.140. The third kappa shape index (κ3) is 6.96. The van der Waals surface area contributed by atoms with E-state index in [9.17, 15) is 18.0 Å². The fraction of sp³-hybridized carbons (Fsp3) is 0.440. The van der Waals surface area contributed by atoms with Crippen LogP contribution in [0.5, 0.6) is 5.75 Å². The molecule has 8 nitrogen and oxygen atoms in total. The highest BCUT2D eigenvalue weighted by Crippen LogP contribution is 2.23. The zero-order valence-corrected chi connectivity index (χ0v) is 21.6. The second-order valence-electron chi connectivity index (χ2n) is 8.23. The van der Waals surface area contributed by atoms with Gasteiger partial charge >= 0.3 is 0 Å². The highest BCUT2D eigenvalue weighted by Gasteiger charge is 2.31. The number of anilines is 1. The molecule has 2 rings (SSSR count). The lowest BCUT2D eigenvalue weighted by Gasteiger charge is -2.33. The third-order valence-corrected chi connectivity index (χ3v) is 6.85. The summed E-state index contributed by atoms with van der Waals surface area (Å²) in [7, 11) is -2.18. The van der Waals surface area contributed by atoms with E-state index >= 15 is 0 Å². The van der Waals surface area contributed by atoms with Crippen LogP contribution in [-0.4, -0.2) is 57.6 Å². The molecule has 0 heterocycles. The number of carbonyl (C=O) groups excluding carboxylic acids is 2. The maximum absolute atomic E-state index is 13.6. The molecule has 0 aliphatic rings. The van der Waals surface area contributed by atoms with E-state index in [1.165, 1.54) is 4.90 Å². The Hall–Kier alpha value is -3.07. The number of ether oxygens (including phenoxy) is 1. The Bertz CT molecular complexity index is 1100. The van der Waals surface area contributed by atoms with Gasteiger partial charge in [-0.3, -0.25) is 13.9 Å². The van der Waals surface area contributed by atoms with Crippen LogP contribution in [0.2, 0.25) is 0 Å². The minimum Gasteiger partial charge on any atom is -0.497 e. The number of hydrogen-bond acceptors (Lipinski definition) is 5. The standard InChI is InChI=1S/C25H35N3O5S/c1-7-23(25(30)26-8-2)27(16-20-10-13-22(33-5)14-11-20)24(29)17-28(34(6,31)32)21-12-9-18(3)19(4)15-21/h9-15,23H,7-8,16-17H2,1-6H3,(H,26,30)/t23-/m0/s1. The average molecular weight is 490 g/mol. The molecule has 2 aromatic carbocycles. The van der Waals surface area contributed by atoms with Crippen molar-refractivity contribution in [2.75, 3.05) is 30.8 Å². The van der Waals surface area contributed by atoms with Crippen molar-refractivity contribution in [3.8, 4) is 5.75 Å². The van der Waals surface area contributed by atoms with Crippen LogP contribution in [0.15, 0.2) is 42.5 Å². The first-order chi connectivity index (χ1) is 16.0. The van der Waals surface area contributed by atoms with Crippen LogP contribution in [0.4, 0.5) is 5.69 Å². The van der Waals surface area contributed by atoms with Gasteiger partial charge in [-0.25, -0.2) is 8.42 Å². The maximum atomic E-state index is 13.6. The molecule has 0 unspecified atom stereocenters. The molecule has 0 radical (unpaired) electrons. The predicted molar refractivity (Wildman–Crippen MR) is 134 cm³/mol. The molecule has 1 N–H and O–H groups in total. The first-order valence-corrected chi connectivity index (χ1v) is 13.1. The number of nitrogens with one attached hydrogen (secondary N) is 1. The summed E-state index contributed by atoms with van der Waals surface area (Å²) in [6, 6.07) is 11.7. The van der Waals surface area contributed by atoms with Gasteiger partial charge in [-0.1, -0.05) is 25.1 Å². The second kappa shape index (κ2) is 11.9. The van der Waals surface area contributed by atoms with E-state index in [-0.39, 0.29) is 12.5 Å². The molecule has 0 saturated heterocycles. The Morgan fingerprint density at radius 2 is 1.68 bits per heavy atom. The summed E-state index contributed by atoms with van der Waals surface area (Å²) < 4.78 is 31.6. The zero-order valence-electron chi connectivity index (χ0n) is 20.8. The normalized spacial score (nSPS) is 12.1. The van der Waals surface area contributed by atoms with Crippen molar-refractivity contribution >= 4 is 27.5 Å². The molecule has 0 saturated carbocycles. The summed E-state index contributed by atoms with van der Waals surface area (Å²) in [5, 5.41) is 2.78. The molecular weight excluding hydrogens is 454 g/mol. The average Bonchev–Trinajstić information content (AvgIpc) is 2.79. The Morgan fingerprint density at radius 1 is 1.03 bits per heavy atom. The molecule has 0 aliphatic carbocycles. The van der Waals surface area contributed by atoms with E-state index in [1.807, 2.05) is 45.9 Å². The fourth-order valence-corrected chi connectivity index (χ4v) is 4.48. The van der Waals surface area contributed by atoms with Crippen LogP contribution in [-0.2, 0) is 26.2 Å². The van der Waals surface area contributed by atoms with Crippen LogP contribution in [0, 0.1) is 13.8 Å². The summed E-state index contributed by atoms with van der Waals surface area (Å²) in [6.07, 6.45) is 1.46. The molecule has 0 fully saturated rings. The van der Waals surface area contributed by atoms with Crippen molar-refractivity contribution in [1.82, 2.24) is 10.2 Å². The highest BCUT2D eigenvalue weighted by atomic mass is 32.2.